The molecule has 0 saturated heterocycles. The molecule has 3 rings (SSSR count). The summed E-state index contributed by atoms with van der Waals surface area (Å²) in [7, 11) is 0. The SMILES string of the molecule is Cc1nc(-c2ccccc2)sc1C(=O)NCCNc1ccncc1. The zero-order valence-electron chi connectivity index (χ0n) is 13.3. The maximum absolute atomic E-state index is 12.3. The number of aryl methyl sites for hydroxylation is 1. The number of amides is 1. The van der Waals surface area contributed by atoms with Crippen LogP contribution >= 0.6 is 11.3 Å². The average Bonchev–Trinajstić information content (AvgIpc) is 3.02. The number of benzene rings is 1. The number of hydrogen-bond donors (Lipinski definition) is 2. The molecule has 0 atom stereocenters. The standard InChI is InChI=1S/C18H18N4OS/c1-13-16(24-18(22-13)14-5-3-2-4-6-14)17(23)21-12-11-20-15-7-9-19-10-8-15/h2-10H,11-12H2,1H3,(H,19,20)(H,21,23). The summed E-state index contributed by atoms with van der Waals surface area (Å²) < 4.78 is 0. The first-order valence-corrected chi connectivity index (χ1v) is 8.50. The highest BCUT2D eigenvalue weighted by atomic mass is 32.1. The van der Waals surface area contributed by atoms with Gasteiger partial charge in [0.15, 0.2) is 0 Å². The van der Waals surface area contributed by atoms with Crippen molar-refractivity contribution in [3.8, 4) is 10.6 Å². The third kappa shape index (κ3) is 3.97. The van der Waals surface area contributed by atoms with Gasteiger partial charge in [-0.05, 0) is 19.1 Å². The quantitative estimate of drug-likeness (QED) is 0.676. The van der Waals surface area contributed by atoms with E-state index >= 15 is 0 Å². The highest BCUT2D eigenvalue weighted by Crippen LogP contribution is 2.27. The van der Waals surface area contributed by atoms with Gasteiger partial charge in [-0.2, -0.15) is 0 Å². The molecule has 0 bridgehead atoms. The van der Waals surface area contributed by atoms with Gasteiger partial charge in [-0.1, -0.05) is 30.3 Å². The van der Waals surface area contributed by atoms with E-state index in [2.05, 4.69) is 20.6 Å². The Bertz CT molecular complexity index is 802. The maximum Gasteiger partial charge on any atom is 0.263 e. The van der Waals surface area contributed by atoms with Gasteiger partial charge >= 0.3 is 0 Å². The predicted molar refractivity (Wildman–Crippen MR) is 97.3 cm³/mol. The minimum atomic E-state index is -0.0799. The molecule has 122 valence electrons. The van der Waals surface area contributed by atoms with Crippen LogP contribution in [0, 0.1) is 6.92 Å². The lowest BCUT2D eigenvalue weighted by atomic mass is 10.2. The second-order valence-corrected chi connectivity index (χ2v) is 6.22. The van der Waals surface area contributed by atoms with Crippen LogP contribution in [0.3, 0.4) is 0 Å². The summed E-state index contributed by atoms with van der Waals surface area (Å²) in [5, 5.41) is 7.03. The van der Waals surface area contributed by atoms with Crippen LogP contribution in [0.2, 0.25) is 0 Å². The van der Waals surface area contributed by atoms with Crippen LogP contribution in [0.4, 0.5) is 5.69 Å². The van der Waals surface area contributed by atoms with Gasteiger partial charge < -0.3 is 10.6 Å². The number of nitrogens with one attached hydrogen (secondary N) is 2. The van der Waals surface area contributed by atoms with Crippen LogP contribution in [0.25, 0.3) is 10.6 Å². The van der Waals surface area contributed by atoms with E-state index in [0.717, 1.165) is 22.0 Å². The minimum Gasteiger partial charge on any atom is -0.383 e. The van der Waals surface area contributed by atoms with Crippen LogP contribution < -0.4 is 10.6 Å². The van der Waals surface area contributed by atoms with E-state index in [1.165, 1.54) is 11.3 Å². The van der Waals surface area contributed by atoms with Gasteiger partial charge in [0.2, 0.25) is 0 Å². The van der Waals surface area contributed by atoms with Crippen LogP contribution in [0.1, 0.15) is 15.4 Å². The molecule has 0 aliphatic carbocycles. The van der Waals surface area contributed by atoms with E-state index in [9.17, 15) is 4.79 Å². The first-order chi connectivity index (χ1) is 11.7. The lowest BCUT2D eigenvalue weighted by molar-refractivity contribution is 0.0958. The van der Waals surface area contributed by atoms with Gasteiger partial charge in [-0.25, -0.2) is 4.98 Å². The first-order valence-electron chi connectivity index (χ1n) is 7.69. The van der Waals surface area contributed by atoms with Crippen LogP contribution in [0.15, 0.2) is 54.9 Å². The van der Waals surface area contributed by atoms with E-state index in [4.69, 9.17) is 0 Å². The smallest absolute Gasteiger partial charge is 0.263 e. The van der Waals surface area contributed by atoms with Gasteiger partial charge in [0.1, 0.15) is 9.88 Å². The van der Waals surface area contributed by atoms with Crippen molar-refractivity contribution in [2.24, 2.45) is 0 Å². The molecular formula is C18H18N4OS. The number of carbonyl (C=O) groups is 1. The molecule has 0 aliphatic heterocycles. The van der Waals surface area contributed by atoms with Crippen LogP contribution in [0.5, 0.6) is 0 Å². The van der Waals surface area contributed by atoms with Crippen molar-refractivity contribution in [3.63, 3.8) is 0 Å². The molecule has 1 amide bonds. The topological polar surface area (TPSA) is 66.9 Å². The number of rotatable bonds is 6. The summed E-state index contributed by atoms with van der Waals surface area (Å²) >= 11 is 1.42. The zero-order valence-corrected chi connectivity index (χ0v) is 14.1. The lowest BCUT2D eigenvalue weighted by Gasteiger charge is -2.07. The van der Waals surface area contributed by atoms with Crippen molar-refractivity contribution in [2.75, 3.05) is 18.4 Å². The molecule has 0 aliphatic rings. The van der Waals surface area contributed by atoms with E-state index < -0.39 is 0 Å². The second kappa shape index (κ2) is 7.70. The molecule has 1 aromatic carbocycles. The van der Waals surface area contributed by atoms with E-state index in [0.29, 0.717) is 18.0 Å². The summed E-state index contributed by atoms with van der Waals surface area (Å²) in [6.07, 6.45) is 3.46. The zero-order chi connectivity index (χ0) is 16.8. The molecule has 3 aromatic rings. The fourth-order valence-electron chi connectivity index (χ4n) is 2.24. The number of aromatic nitrogens is 2. The number of hydrogen-bond acceptors (Lipinski definition) is 5. The number of thiazole rings is 1. The molecule has 0 spiro atoms. The molecule has 0 fully saturated rings. The number of anilines is 1. The number of nitrogens with zero attached hydrogens (tertiary/aromatic N) is 2. The Balaban J connectivity index is 1.56. The Labute approximate surface area is 144 Å². The molecule has 5 nitrogen and oxygen atoms in total. The third-order valence-electron chi connectivity index (χ3n) is 3.44. The van der Waals surface area contributed by atoms with Gasteiger partial charge in [0.05, 0.1) is 5.69 Å². The Kier molecular flexibility index (Phi) is 5.18. The van der Waals surface area contributed by atoms with E-state index in [1.54, 1.807) is 12.4 Å². The van der Waals surface area contributed by atoms with E-state index in [-0.39, 0.29) is 5.91 Å². The first kappa shape index (κ1) is 16.1. The number of carbonyl (C=O) groups excluding carboxylic acids is 1. The van der Waals surface area contributed by atoms with Crippen molar-refractivity contribution in [2.45, 2.75) is 6.92 Å². The summed E-state index contributed by atoms with van der Waals surface area (Å²) in [5.41, 5.74) is 2.78. The third-order valence-corrected chi connectivity index (χ3v) is 4.65. The Morgan fingerprint density at radius 3 is 2.58 bits per heavy atom. The van der Waals surface area contributed by atoms with Crippen molar-refractivity contribution >= 4 is 22.9 Å². The normalized spacial score (nSPS) is 10.4. The van der Waals surface area contributed by atoms with E-state index in [1.807, 2.05) is 49.4 Å². The lowest BCUT2D eigenvalue weighted by Crippen LogP contribution is -2.28. The summed E-state index contributed by atoms with van der Waals surface area (Å²) in [6.45, 7) is 3.06. The monoisotopic (exact) mass is 338 g/mol. The Morgan fingerprint density at radius 1 is 1.08 bits per heavy atom. The van der Waals surface area contributed by atoms with Gasteiger partial charge in [0, 0.05) is 36.7 Å². The van der Waals surface area contributed by atoms with Gasteiger partial charge in [-0.3, -0.25) is 9.78 Å². The predicted octanol–water partition coefficient (Wildman–Crippen LogP) is 3.36. The number of pyridine rings is 1. The maximum atomic E-state index is 12.3. The van der Waals surface area contributed by atoms with Gasteiger partial charge in [0.25, 0.3) is 5.91 Å². The second-order valence-electron chi connectivity index (χ2n) is 5.22. The molecule has 2 heterocycles. The minimum absolute atomic E-state index is 0.0799. The van der Waals surface area contributed by atoms with Crippen molar-refractivity contribution in [3.05, 3.63) is 65.4 Å². The largest absolute Gasteiger partial charge is 0.383 e. The van der Waals surface area contributed by atoms with Crippen LogP contribution in [-0.2, 0) is 0 Å². The Hall–Kier alpha value is -2.73. The van der Waals surface area contributed by atoms with Crippen LogP contribution in [-0.4, -0.2) is 29.0 Å². The highest BCUT2D eigenvalue weighted by molar-refractivity contribution is 7.17. The van der Waals surface area contributed by atoms with Crippen molar-refractivity contribution in [1.29, 1.82) is 0 Å². The molecule has 0 unspecified atom stereocenters. The summed E-state index contributed by atoms with van der Waals surface area (Å²) in [6, 6.07) is 13.7. The Morgan fingerprint density at radius 2 is 1.83 bits per heavy atom. The molecular weight excluding hydrogens is 320 g/mol. The average molecular weight is 338 g/mol. The molecule has 24 heavy (non-hydrogen) atoms. The molecule has 2 N–H and O–H groups in total. The summed E-state index contributed by atoms with van der Waals surface area (Å²) in [5.74, 6) is -0.0799. The fourth-order valence-corrected chi connectivity index (χ4v) is 3.23. The molecule has 2 aromatic heterocycles. The van der Waals surface area contributed by atoms with Gasteiger partial charge in [-0.15, -0.1) is 11.3 Å². The fraction of sp³-hybridized carbons (Fsp3) is 0.167. The van der Waals surface area contributed by atoms with Crippen molar-refractivity contribution < 1.29 is 4.79 Å². The molecule has 0 saturated carbocycles. The molecule has 6 heteroatoms. The highest BCUT2D eigenvalue weighted by Gasteiger charge is 2.15. The molecule has 0 radical (unpaired) electrons. The summed E-state index contributed by atoms with van der Waals surface area (Å²) in [4.78, 5) is 21.5. The van der Waals surface area contributed by atoms with Crippen molar-refractivity contribution in [1.82, 2.24) is 15.3 Å².